The quantitative estimate of drug-likeness (QED) is 0.828. The summed E-state index contributed by atoms with van der Waals surface area (Å²) in [6.45, 7) is 1.38. The lowest BCUT2D eigenvalue weighted by atomic mass is 10.0. The number of likely N-dealkylation sites (tertiary alicyclic amines) is 2. The van der Waals surface area contributed by atoms with Gasteiger partial charge < -0.3 is 9.80 Å². The molecular weight excluding hydrogens is 336 g/mol. The molecule has 4 nitrogen and oxygen atoms in total. The molecule has 0 N–H and O–H groups in total. The lowest BCUT2D eigenvalue weighted by Crippen LogP contribution is -2.63. The van der Waals surface area contributed by atoms with Gasteiger partial charge in [0.1, 0.15) is 0 Å². The summed E-state index contributed by atoms with van der Waals surface area (Å²) in [5.74, 6) is -2.73. The summed E-state index contributed by atoms with van der Waals surface area (Å²) >= 11 is 5.92. The second-order valence-corrected chi connectivity index (χ2v) is 7.46. The van der Waals surface area contributed by atoms with Gasteiger partial charge in [0, 0.05) is 48.7 Å². The topological polar surface area (TPSA) is 26.8 Å². The largest absolute Gasteiger partial charge is 0.335 e. The van der Waals surface area contributed by atoms with Gasteiger partial charge in [-0.25, -0.2) is 8.78 Å². The molecule has 0 unspecified atom stereocenters. The van der Waals surface area contributed by atoms with E-state index in [1.54, 1.807) is 29.2 Å². The van der Waals surface area contributed by atoms with Crippen LogP contribution in [0.2, 0.25) is 5.02 Å². The van der Waals surface area contributed by atoms with Crippen LogP contribution < -0.4 is 0 Å². The van der Waals surface area contributed by atoms with Crippen LogP contribution in [0.3, 0.4) is 0 Å². The Labute approximate surface area is 146 Å². The molecule has 1 aromatic rings. The van der Waals surface area contributed by atoms with Gasteiger partial charge in [0.15, 0.2) is 0 Å². The van der Waals surface area contributed by atoms with Crippen molar-refractivity contribution in [3.8, 4) is 0 Å². The Balaban J connectivity index is 1.61. The molecule has 132 valence electrons. The van der Waals surface area contributed by atoms with Crippen molar-refractivity contribution >= 4 is 17.5 Å². The van der Waals surface area contributed by atoms with Crippen LogP contribution in [-0.2, 0) is 0 Å². The molecule has 0 aromatic heterocycles. The van der Waals surface area contributed by atoms with E-state index in [4.69, 9.17) is 11.6 Å². The molecule has 2 aliphatic rings. The van der Waals surface area contributed by atoms with Crippen molar-refractivity contribution in [1.29, 1.82) is 0 Å². The molecular formula is C17H22ClF2N3O. The third-order valence-electron chi connectivity index (χ3n) is 4.68. The predicted molar refractivity (Wildman–Crippen MR) is 89.8 cm³/mol. The van der Waals surface area contributed by atoms with Crippen molar-refractivity contribution in [2.45, 2.75) is 24.4 Å². The number of carbonyl (C=O) groups is 1. The van der Waals surface area contributed by atoms with Crippen LogP contribution in [0, 0.1) is 0 Å². The molecule has 0 aliphatic carbocycles. The highest BCUT2D eigenvalue weighted by molar-refractivity contribution is 6.30. The van der Waals surface area contributed by atoms with Gasteiger partial charge in [-0.05, 0) is 32.3 Å². The highest BCUT2D eigenvalue weighted by Crippen LogP contribution is 2.35. The molecule has 3 rings (SSSR count). The van der Waals surface area contributed by atoms with Crippen molar-refractivity contribution in [2.75, 3.05) is 40.3 Å². The fraction of sp³-hybridized carbons (Fsp3) is 0.588. The fourth-order valence-corrected chi connectivity index (χ4v) is 3.77. The van der Waals surface area contributed by atoms with Crippen molar-refractivity contribution in [3.05, 3.63) is 34.9 Å². The Morgan fingerprint density at radius 2 is 2.08 bits per heavy atom. The standard InChI is InChI=1S/C17H22ClF2N3O/c1-21(2)8-14-7-17(19,20)11-23(14)15-9-22(10-15)16(24)12-4-3-5-13(18)6-12/h3-6,14-15H,7-11H2,1-2H3/t14-/m0/s1. The maximum atomic E-state index is 13.8. The number of halogens is 3. The molecule has 7 heteroatoms. The SMILES string of the molecule is CN(C)C[C@@H]1CC(F)(F)CN1C1CN(C(=O)c2cccc(Cl)c2)C1. The van der Waals surface area contributed by atoms with Crippen molar-refractivity contribution < 1.29 is 13.6 Å². The van der Waals surface area contributed by atoms with E-state index in [0.29, 0.717) is 30.2 Å². The Kier molecular flexibility index (Phi) is 4.82. The highest BCUT2D eigenvalue weighted by atomic mass is 35.5. The van der Waals surface area contributed by atoms with Gasteiger partial charge in [-0.15, -0.1) is 0 Å². The summed E-state index contributed by atoms with van der Waals surface area (Å²) < 4.78 is 27.7. The van der Waals surface area contributed by atoms with E-state index in [9.17, 15) is 13.6 Å². The van der Waals surface area contributed by atoms with Gasteiger partial charge >= 0.3 is 0 Å². The van der Waals surface area contributed by atoms with Gasteiger partial charge in [0.05, 0.1) is 6.54 Å². The first-order valence-corrected chi connectivity index (χ1v) is 8.46. The molecule has 0 spiro atoms. The minimum absolute atomic E-state index is 0.00598. The first-order chi connectivity index (χ1) is 11.2. The Hall–Kier alpha value is -1.24. The number of amides is 1. The van der Waals surface area contributed by atoms with Crippen molar-refractivity contribution in [1.82, 2.24) is 14.7 Å². The molecule has 0 bridgehead atoms. The Bertz CT molecular complexity index is 620. The molecule has 24 heavy (non-hydrogen) atoms. The van der Waals surface area contributed by atoms with Gasteiger partial charge in [-0.3, -0.25) is 9.69 Å². The van der Waals surface area contributed by atoms with Crippen LogP contribution in [0.15, 0.2) is 24.3 Å². The van der Waals surface area contributed by atoms with Crippen LogP contribution in [0.5, 0.6) is 0 Å². The number of benzene rings is 1. The number of nitrogens with zero attached hydrogens (tertiary/aromatic N) is 3. The zero-order valence-corrected chi connectivity index (χ0v) is 14.6. The third-order valence-corrected chi connectivity index (χ3v) is 4.92. The fourth-order valence-electron chi connectivity index (χ4n) is 3.58. The Morgan fingerprint density at radius 3 is 2.71 bits per heavy atom. The summed E-state index contributed by atoms with van der Waals surface area (Å²) in [7, 11) is 3.79. The van der Waals surface area contributed by atoms with E-state index < -0.39 is 5.92 Å². The Morgan fingerprint density at radius 1 is 1.38 bits per heavy atom. The molecule has 0 saturated carbocycles. The number of carbonyl (C=O) groups excluding carboxylic acids is 1. The minimum atomic E-state index is -2.64. The van der Waals surface area contributed by atoms with Crippen LogP contribution in [-0.4, -0.2) is 78.9 Å². The van der Waals surface area contributed by atoms with Crippen LogP contribution in [0.1, 0.15) is 16.8 Å². The first kappa shape index (κ1) is 17.6. The summed E-state index contributed by atoms with van der Waals surface area (Å²) in [5, 5.41) is 0.517. The van der Waals surface area contributed by atoms with E-state index in [2.05, 4.69) is 0 Å². The second-order valence-electron chi connectivity index (χ2n) is 7.02. The van der Waals surface area contributed by atoms with Crippen molar-refractivity contribution in [2.24, 2.45) is 0 Å². The lowest BCUT2D eigenvalue weighted by Gasteiger charge is -2.46. The first-order valence-electron chi connectivity index (χ1n) is 8.08. The zero-order valence-electron chi connectivity index (χ0n) is 13.9. The molecule has 2 aliphatic heterocycles. The predicted octanol–water partition coefficient (Wildman–Crippen LogP) is 2.44. The number of rotatable bonds is 4. The summed E-state index contributed by atoms with van der Waals surface area (Å²) in [6.07, 6.45) is -0.107. The van der Waals surface area contributed by atoms with Gasteiger partial charge in [-0.1, -0.05) is 17.7 Å². The maximum Gasteiger partial charge on any atom is 0.262 e. The number of hydrogen-bond donors (Lipinski definition) is 0. The zero-order chi connectivity index (χ0) is 17.5. The smallest absolute Gasteiger partial charge is 0.262 e. The summed E-state index contributed by atoms with van der Waals surface area (Å²) in [4.78, 5) is 17.9. The maximum absolute atomic E-state index is 13.8. The minimum Gasteiger partial charge on any atom is -0.335 e. The van der Waals surface area contributed by atoms with Gasteiger partial charge in [0.25, 0.3) is 11.8 Å². The number of hydrogen-bond acceptors (Lipinski definition) is 3. The van der Waals surface area contributed by atoms with E-state index >= 15 is 0 Å². The van der Waals surface area contributed by atoms with E-state index in [1.807, 2.05) is 23.9 Å². The van der Waals surface area contributed by atoms with E-state index in [1.165, 1.54) is 0 Å². The molecule has 2 saturated heterocycles. The monoisotopic (exact) mass is 357 g/mol. The highest BCUT2D eigenvalue weighted by Gasteiger charge is 2.50. The number of alkyl halides is 2. The van der Waals surface area contributed by atoms with Crippen LogP contribution in [0.4, 0.5) is 8.78 Å². The lowest BCUT2D eigenvalue weighted by molar-refractivity contribution is -0.0114. The summed E-state index contributed by atoms with van der Waals surface area (Å²) in [6, 6.07) is 6.65. The van der Waals surface area contributed by atoms with E-state index in [-0.39, 0.29) is 31.0 Å². The second kappa shape index (κ2) is 6.58. The molecule has 0 radical (unpaired) electrons. The molecule has 1 aromatic carbocycles. The van der Waals surface area contributed by atoms with E-state index in [0.717, 1.165) is 0 Å². The third kappa shape index (κ3) is 3.71. The number of likely N-dealkylation sites (N-methyl/N-ethyl adjacent to an activating group) is 1. The molecule has 1 amide bonds. The van der Waals surface area contributed by atoms with Gasteiger partial charge in [-0.2, -0.15) is 0 Å². The van der Waals surface area contributed by atoms with Crippen LogP contribution in [0.25, 0.3) is 0 Å². The van der Waals surface area contributed by atoms with Crippen molar-refractivity contribution in [3.63, 3.8) is 0 Å². The average molecular weight is 358 g/mol. The van der Waals surface area contributed by atoms with Gasteiger partial charge in [0.2, 0.25) is 0 Å². The molecule has 1 atom stereocenters. The normalized spacial score (nSPS) is 24.4. The average Bonchev–Trinajstić information content (AvgIpc) is 2.71. The summed E-state index contributed by atoms with van der Waals surface area (Å²) in [5.41, 5.74) is 0.539. The molecule has 2 fully saturated rings. The van der Waals surface area contributed by atoms with Crippen LogP contribution >= 0.6 is 11.6 Å². The molecule has 2 heterocycles.